The highest BCUT2D eigenvalue weighted by Gasteiger charge is 2.62. The number of benzene rings is 1. The predicted octanol–water partition coefficient (Wildman–Crippen LogP) is 3.51. The quantitative estimate of drug-likeness (QED) is 0.608. The number of nitrogens with one attached hydrogen (secondary N) is 1. The summed E-state index contributed by atoms with van der Waals surface area (Å²) in [5.41, 5.74) is 0.716. The molecular formula is C22H27ClN8O2. The maximum Gasteiger partial charge on any atom is 0.323 e. The molecule has 0 spiro atoms. The molecule has 3 atom stereocenters. The average Bonchev–Trinajstić information content (AvgIpc) is 3.37. The molecule has 6 rings (SSSR count). The topological polar surface area (TPSA) is 105 Å². The number of hydrogen-bond donors (Lipinski definition) is 1. The maximum atomic E-state index is 13.5. The molecule has 2 aliphatic heterocycles. The van der Waals surface area contributed by atoms with E-state index in [9.17, 15) is 4.79 Å². The Hall–Kier alpha value is -2.98. The molecule has 174 valence electrons. The van der Waals surface area contributed by atoms with Crippen molar-refractivity contribution in [2.45, 2.75) is 44.3 Å². The average molecular weight is 471 g/mol. The van der Waals surface area contributed by atoms with Crippen molar-refractivity contribution in [3.05, 3.63) is 41.3 Å². The standard InChI is InChI=1S/C22H27ClN8O2/c1-13-7-15-10-22(9-13,20-27-26-18(33-20)11-29(2)3)31(15)21(32)25-14-5-6-17(23)16(8-14)19-24-12-30(4)28-19/h5-6,8,12-13,15H,7,9-11H2,1-4H3,(H,25,32)/t13-,15-,22+/m1/s1. The van der Waals surface area contributed by atoms with Gasteiger partial charge in [-0.2, -0.15) is 5.10 Å². The van der Waals surface area contributed by atoms with Gasteiger partial charge in [-0.15, -0.1) is 10.2 Å². The van der Waals surface area contributed by atoms with Gasteiger partial charge in [-0.1, -0.05) is 18.5 Å². The van der Waals surface area contributed by atoms with Crippen molar-refractivity contribution in [1.82, 2.24) is 34.8 Å². The van der Waals surface area contributed by atoms with Crippen LogP contribution in [0, 0.1) is 5.92 Å². The summed E-state index contributed by atoms with van der Waals surface area (Å²) in [6.07, 6.45) is 4.19. The maximum absolute atomic E-state index is 13.5. The lowest BCUT2D eigenvalue weighted by atomic mass is 9.64. The fourth-order valence-electron chi connectivity index (χ4n) is 5.15. The lowest BCUT2D eigenvalue weighted by Gasteiger charge is -2.61. The second-order valence-corrected chi connectivity index (χ2v) is 9.82. The van der Waals surface area contributed by atoms with Gasteiger partial charge in [-0.25, -0.2) is 9.78 Å². The first-order chi connectivity index (χ1) is 15.7. The van der Waals surface area contributed by atoms with Crippen molar-refractivity contribution < 1.29 is 9.21 Å². The van der Waals surface area contributed by atoms with Gasteiger partial charge < -0.3 is 19.5 Å². The largest absolute Gasteiger partial charge is 0.421 e. The van der Waals surface area contributed by atoms with E-state index in [2.05, 4.69) is 32.5 Å². The first-order valence-corrected chi connectivity index (χ1v) is 11.4. The first-order valence-electron chi connectivity index (χ1n) is 11.0. The van der Waals surface area contributed by atoms with Crippen molar-refractivity contribution in [3.63, 3.8) is 0 Å². The van der Waals surface area contributed by atoms with E-state index < -0.39 is 5.54 Å². The Morgan fingerprint density at radius 1 is 1.33 bits per heavy atom. The van der Waals surface area contributed by atoms with Crippen molar-refractivity contribution in [2.75, 3.05) is 19.4 Å². The van der Waals surface area contributed by atoms with Gasteiger partial charge in [0.1, 0.15) is 11.9 Å². The number of fused-ring (bicyclic) bond motifs is 2. The number of hydrogen-bond acceptors (Lipinski definition) is 7. The highest BCUT2D eigenvalue weighted by molar-refractivity contribution is 6.33. The minimum atomic E-state index is -0.568. The number of urea groups is 1. The summed E-state index contributed by atoms with van der Waals surface area (Å²) in [5.74, 6) is 2.04. The number of nitrogens with zero attached hydrogens (tertiary/aromatic N) is 7. The monoisotopic (exact) mass is 470 g/mol. The molecule has 10 nitrogen and oxygen atoms in total. The summed E-state index contributed by atoms with van der Waals surface area (Å²) >= 11 is 6.37. The number of aryl methyl sites for hydroxylation is 1. The van der Waals surface area contributed by atoms with E-state index in [1.807, 2.05) is 23.9 Å². The van der Waals surface area contributed by atoms with Crippen LogP contribution in [0.5, 0.6) is 0 Å². The lowest BCUT2D eigenvalue weighted by molar-refractivity contribution is -0.110. The van der Waals surface area contributed by atoms with Gasteiger partial charge in [0.05, 0.1) is 11.6 Å². The zero-order valence-electron chi connectivity index (χ0n) is 19.1. The summed E-state index contributed by atoms with van der Waals surface area (Å²) < 4.78 is 7.64. The highest BCUT2D eigenvalue weighted by Crippen LogP contribution is 2.55. The Labute approximate surface area is 196 Å². The molecule has 33 heavy (non-hydrogen) atoms. The van der Waals surface area contributed by atoms with E-state index in [0.29, 0.717) is 46.3 Å². The Kier molecular flexibility index (Phi) is 5.37. The van der Waals surface area contributed by atoms with Crippen molar-refractivity contribution in [1.29, 1.82) is 0 Å². The van der Waals surface area contributed by atoms with Crippen molar-refractivity contribution in [2.24, 2.45) is 13.0 Å². The van der Waals surface area contributed by atoms with Crippen LogP contribution >= 0.6 is 11.6 Å². The summed E-state index contributed by atoms with van der Waals surface area (Å²) in [7, 11) is 5.69. The predicted molar refractivity (Wildman–Crippen MR) is 122 cm³/mol. The van der Waals surface area contributed by atoms with Gasteiger partial charge >= 0.3 is 6.03 Å². The Morgan fingerprint density at radius 3 is 2.88 bits per heavy atom. The molecule has 1 aromatic carbocycles. The second kappa shape index (κ2) is 8.11. The molecule has 3 aliphatic rings. The number of aromatic nitrogens is 5. The minimum Gasteiger partial charge on any atom is -0.421 e. The fourth-order valence-corrected chi connectivity index (χ4v) is 5.35. The highest BCUT2D eigenvalue weighted by atomic mass is 35.5. The third-order valence-electron chi connectivity index (χ3n) is 6.35. The number of anilines is 1. The van der Waals surface area contributed by atoms with E-state index in [1.165, 1.54) is 0 Å². The molecule has 3 aromatic rings. The molecule has 4 heterocycles. The molecule has 2 aromatic heterocycles. The van der Waals surface area contributed by atoms with Crippen LogP contribution in [0.25, 0.3) is 11.4 Å². The summed E-state index contributed by atoms with van der Waals surface area (Å²) in [6, 6.07) is 5.26. The molecule has 0 unspecified atom stereocenters. The molecule has 3 fully saturated rings. The molecule has 0 radical (unpaired) electrons. The zero-order valence-corrected chi connectivity index (χ0v) is 19.9. The summed E-state index contributed by atoms with van der Waals surface area (Å²) in [6.45, 7) is 2.77. The van der Waals surface area contributed by atoms with Gasteiger partial charge in [-0.3, -0.25) is 4.68 Å². The molecule has 2 bridgehead atoms. The normalized spacial score (nSPS) is 24.1. The van der Waals surface area contributed by atoms with Crippen LogP contribution in [0.4, 0.5) is 10.5 Å². The van der Waals surface area contributed by atoms with E-state index in [-0.39, 0.29) is 12.1 Å². The van der Waals surface area contributed by atoms with Gasteiger partial charge in [-0.05, 0) is 51.1 Å². The molecule has 1 N–H and O–H groups in total. The van der Waals surface area contributed by atoms with Gasteiger partial charge in [0, 0.05) is 30.8 Å². The molecular weight excluding hydrogens is 444 g/mol. The molecule has 2 amide bonds. The van der Waals surface area contributed by atoms with Crippen LogP contribution in [0.15, 0.2) is 28.9 Å². The van der Waals surface area contributed by atoms with E-state index >= 15 is 0 Å². The molecule has 11 heteroatoms. The van der Waals surface area contributed by atoms with Crippen molar-refractivity contribution >= 4 is 23.3 Å². The van der Waals surface area contributed by atoms with Crippen LogP contribution in [0.2, 0.25) is 5.02 Å². The second-order valence-electron chi connectivity index (χ2n) is 9.41. The van der Waals surface area contributed by atoms with E-state index in [1.54, 1.807) is 36.3 Å². The first kappa shape index (κ1) is 21.8. The Balaban J connectivity index is 1.40. The number of amides is 2. The Bertz CT molecular complexity index is 1190. The van der Waals surface area contributed by atoms with Crippen LogP contribution in [0.1, 0.15) is 38.0 Å². The smallest absolute Gasteiger partial charge is 0.323 e. The van der Waals surface area contributed by atoms with Crippen LogP contribution in [-0.4, -0.2) is 60.9 Å². The SMILES string of the molecule is C[C@@H]1C[C@@H]2C[C@](c3nnc(CN(C)C)o3)(C1)N2C(=O)Nc1ccc(Cl)c(-c2ncn(C)n2)c1. The van der Waals surface area contributed by atoms with Crippen LogP contribution < -0.4 is 5.32 Å². The molecule has 1 saturated carbocycles. The summed E-state index contributed by atoms with van der Waals surface area (Å²) in [5, 5.41) is 16.4. The van der Waals surface area contributed by atoms with Gasteiger partial charge in [0.2, 0.25) is 11.8 Å². The molecule has 1 aliphatic carbocycles. The van der Waals surface area contributed by atoms with Crippen LogP contribution in [0.3, 0.4) is 0 Å². The number of piperidine rings is 1. The van der Waals surface area contributed by atoms with Crippen molar-refractivity contribution in [3.8, 4) is 11.4 Å². The lowest BCUT2D eigenvalue weighted by Crippen LogP contribution is -2.70. The number of rotatable bonds is 5. The zero-order chi connectivity index (χ0) is 23.3. The number of carbonyl (C=O) groups excluding carboxylic acids is 1. The van der Waals surface area contributed by atoms with Gasteiger partial charge in [0.15, 0.2) is 5.82 Å². The van der Waals surface area contributed by atoms with E-state index in [4.69, 9.17) is 16.0 Å². The van der Waals surface area contributed by atoms with Gasteiger partial charge in [0.25, 0.3) is 0 Å². The Morgan fingerprint density at radius 2 is 2.15 bits per heavy atom. The third kappa shape index (κ3) is 3.87. The minimum absolute atomic E-state index is 0.141. The third-order valence-corrected chi connectivity index (χ3v) is 6.68. The van der Waals surface area contributed by atoms with Crippen LogP contribution in [-0.2, 0) is 19.1 Å². The van der Waals surface area contributed by atoms with E-state index in [0.717, 1.165) is 19.3 Å². The molecule has 2 saturated heterocycles. The number of halogens is 1. The summed E-state index contributed by atoms with van der Waals surface area (Å²) in [4.78, 5) is 21.6. The fraction of sp³-hybridized carbons (Fsp3) is 0.500. The number of carbonyl (C=O) groups is 1.